The first-order valence-electron chi connectivity index (χ1n) is 7.84. The molecule has 7 heteroatoms. The van der Waals surface area contributed by atoms with Gasteiger partial charge >= 0.3 is 0 Å². The number of anilines is 1. The van der Waals surface area contributed by atoms with E-state index >= 15 is 0 Å². The number of benzene rings is 2. The van der Waals surface area contributed by atoms with Crippen LogP contribution in [0.2, 0.25) is 0 Å². The van der Waals surface area contributed by atoms with Gasteiger partial charge in [-0.15, -0.1) is 0 Å². The molecule has 134 valence electrons. The molecule has 1 heterocycles. The molecule has 0 radical (unpaired) electrons. The molecule has 0 aliphatic carbocycles. The van der Waals surface area contributed by atoms with E-state index in [1.165, 1.54) is 19.4 Å². The zero-order chi connectivity index (χ0) is 18.6. The first-order chi connectivity index (χ1) is 12.5. The van der Waals surface area contributed by atoms with Gasteiger partial charge in [-0.05, 0) is 37.3 Å². The number of hydrogen-bond acceptors (Lipinski definition) is 5. The van der Waals surface area contributed by atoms with Crippen molar-refractivity contribution in [3.63, 3.8) is 0 Å². The van der Waals surface area contributed by atoms with Crippen LogP contribution in [-0.2, 0) is 10.0 Å². The van der Waals surface area contributed by atoms with E-state index in [1.54, 1.807) is 30.3 Å². The fraction of sp³-hybridized carbons (Fsp3) is 0.105. The Labute approximate surface area is 152 Å². The maximum atomic E-state index is 12.5. The Bertz CT molecular complexity index is 985. The minimum absolute atomic E-state index is 0.0579. The molecule has 0 aliphatic rings. The zero-order valence-corrected chi connectivity index (χ0v) is 15.2. The number of ether oxygens (including phenoxy) is 2. The number of rotatable bonds is 6. The number of hydrogen-bond donors (Lipinski definition) is 1. The van der Waals surface area contributed by atoms with Crippen LogP contribution in [0.4, 0.5) is 5.69 Å². The van der Waals surface area contributed by atoms with Crippen LogP contribution in [-0.4, -0.2) is 20.5 Å². The molecule has 0 spiro atoms. The molecule has 0 aliphatic heterocycles. The number of methoxy groups -OCH3 is 1. The third kappa shape index (κ3) is 4.12. The highest BCUT2D eigenvalue weighted by atomic mass is 32.2. The summed E-state index contributed by atoms with van der Waals surface area (Å²) < 4.78 is 38.3. The fourth-order valence-corrected chi connectivity index (χ4v) is 3.49. The number of aromatic nitrogens is 1. The average Bonchev–Trinajstić information content (AvgIpc) is 2.65. The van der Waals surface area contributed by atoms with Crippen LogP contribution in [0, 0.1) is 6.92 Å². The normalized spacial score (nSPS) is 11.0. The Balaban J connectivity index is 1.75. The van der Waals surface area contributed by atoms with E-state index in [0.717, 1.165) is 5.56 Å². The number of nitrogens with zero attached hydrogens (tertiary/aromatic N) is 1. The smallest absolute Gasteiger partial charge is 0.265 e. The summed E-state index contributed by atoms with van der Waals surface area (Å²) in [5, 5.41) is 0. The lowest BCUT2D eigenvalue weighted by molar-refractivity contribution is 0.403. The molecule has 3 aromatic rings. The first kappa shape index (κ1) is 17.8. The second-order valence-corrected chi connectivity index (χ2v) is 7.21. The summed E-state index contributed by atoms with van der Waals surface area (Å²) in [6.07, 6.45) is 1.40. The van der Waals surface area contributed by atoms with E-state index in [-0.39, 0.29) is 10.6 Å². The van der Waals surface area contributed by atoms with Crippen molar-refractivity contribution in [2.75, 3.05) is 11.8 Å². The molecule has 0 unspecified atom stereocenters. The van der Waals surface area contributed by atoms with E-state index in [4.69, 9.17) is 9.47 Å². The standard InChI is InChI=1S/C19H18N2O4S/c1-14-7-10-16(11-8-14)25-19-12-9-15(13-20-19)21-26(22,23)18-6-4-3-5-17(18)24-2/h3-13,21H,1-2H3. The van der Waals surface area contributed by atoms with Gasteiger partial charge in [0.1, 0.15) is 16.4 Å². The molecule has 2 aromatic carbocycles. The Hall–Kier alpha value is -3.06. The molecule has 0 bridgehead atoms. The third-order valence-electron chi connectivity index (χ3n) is 3.59. The van der Waals surface area contributed by atoms with Gasteiger partial charge < -0.3 is 9.47 Å². The van der Waals surface area contributed by atoms with Crippen LogP contribution in [0.1, 0.15) is 5.56 Å². The summed E-state index contributed by atoms with van der Waals surface area (Å²) in [7, 11) is -2.36. The SMILES string of the molecule is COc1ccccc1S(=O)(=O)Nc1ccc(Oc2ccc(C)cc2)nc1. The van der Waals surface area contributed by atoms with Crippen molar-refractivity contribution in [2.24, 2.45) is 0 Å². The van der Waals surface area contributed by atoms with Crippen molar-refractivity contribution in [3.05, 3.63) is 72.4 Å². The van der Waals surface area contributed by atoms with E-state index in [9.17, 15) is 8.42 Å². The molecular weight excluding hydrogens is 352 g/mol. The Morgan fingerprint density at radius 3 is 2.35 bits per heavy atom. The molecule has 1 aromatic heterocycles. The monoisotopic (exact) mass is 370 g/mol. The summed E-state index contributed by atoms with van der Waals surface area (Å²) in [4.78, 5) is 4.19. The number of nitrogens with one attached hydrogen (secondary N) is 1. The molecular formula is C19H18N2O4S. The lowest BCUT2D eigenvalue weighted by Crippen LogP contribution is -2.14. The Morgan fingerprint density at radius 2 is 1.69 bits per heavy atom. The highest BCUT2D eigenvalue weighted by Gasteiger charge is 2.19. The van der Waals surface area contributed by atoms with Crippen molar-refractivity contribution < 1.29 is 17.9 Å². The van der Waals surface area contributed by atoms with Gasteiger partial charge in [0.25, 0.3) is 10.0 Å². The van der Waals surface area contributed by atoms with Crippen molar-refractivity contribution in [1.82, 2.24) is 4.98 Å². The lowest BCUT2D eigenvalue weighted by Gasteiger charge is -2.11. The zero-order valence-electron chi connectivity index (χ0n) is 14.3. The van der Waals surface area contributed by atoms with Crippen LogP contribution in [0.3, 0.4) is 0 Å². The second-order valence-electron chi connectivity index (χ2n) is 5.56. The Morgan fingerprint density at radius 1 is 0.962 bits per heavy atom. The molecule has 6 nitrogen and oxygen atoms in total. The molecule has 1 N–H and O–H groups in total. The highest BCUT2D eigenvalue weighted by molar-refractivity contribution is 7.92. The van der Waals surface area contributed by atoms with E-state index in [1.807, 2.05) is 31.2 Å². The predicted molar refractivity (Wildman–Crippen MR) is 99.3 cm³/mol. The molecule has 0 atom stereocenters. The van der Waals surface area contributed by atoms with Crippen molar-refractivity contribution in [3.8, 4) is 17.4 Å². The first-order valence-corrected chi connectivity index (χ1v) is 9.33. The highest BCUT2D eigenvalue weighted by Crippen LogP contribution is 2.26. The van der Waals surface area contributed by atoms with E-state index < -0.39 is 10.0 Å². The van der Waals surface area contributed by atoms with Gasteiger partial charge in [0.05, 0.1) is 19.0 Å². The summed E-state index contributed by atoms with van der Waals surface area (Å²) >= 11 is 0. The number of pyridine rings is 1. The van der Waals surface area contributed by atoms with Gasteiger partial charge in [0.2, 0.25) is 5.88 Å². The van der Waals surface area contributed by atoms with Crippen LogP contribution >= 0.6 is 0 Å². The van der Waals surface area contributed by atoms with Gasteiger partial charge in [0.15, 0.2) is 0 Å². The van der Waals surface area contributed by atoms with Crippen molar-refractivity contribution >= 4 is 15.7 Å². The van der Waals surface area contributed by atoms with Gasteiger partial charge in [-0.25, -0.2) is 13.4 Å². The molecule has 0 fully saturated rings. The second kappa shape index (κ2) is 7.45. The summed E-state index contributed by atoms with van der Waals surface area (Å²) in [5.74, 6) is 1.30. The summed E-state index contributed by atoms with van der Waals surface area (Å²) in [6, 6.07) is 17.1. The van der Waals surface area contributed by atoms with Gasteiger partial charge in [-0.2, -0.15) is 0 Å². The minimum atomic E-state index is -3.79. The quantitative estimate of drug-likeness (QED) is 0.710. The third-order valence-corrected chi connectivity index (χ3v) is 5.01. The topological polar surface area (TPSA) is 77.5 Å². The summed E-state index contributed by atoms with van der Waals surface area (Å²) in [6.45, 7) is 1.99. The van der Waals surface area contributed by atoms with Crippen LogP contribution < -0.4 is 14.2 Å². The average molecular weight is 370 g/mol. The molecule has 0 saturated heterocycles. The van der Waals surface area contributed by atoms with Crippen LogP contribution in [0.15, 0.2) is 71.8 Å². The van der Waals surface area contributed by atoms with Crippen LogP contribution in [0.5, 0.6) is 17.4 Å². The maximum Gasteiger partial charge on any atom is 0.265 e. The van der Waals surface area contributed by atoms with E-state index in [0.29, 0.717) is 17.3 Å². The van der Waals surface area contributed by atoms with Crippen molar-refractivity contribution in [1.29, 1.82) is 0 Å². The predicted octanol–water partition coefficient (Wildman–Crippen LogP) is 3.99. The van der Waals surface area contributed by atoms with Crippen LogP contribution in [0.25, 0.3) is 0 Å². The summed E-state index contributed by atoms with van der Waals surface area (Å²) in [5.41, 5.74) is 1.46. The van der Waals surface area contributed by atoms with Crippen molar-refractivity contribution in [2.45, 2.75) is 11.8 Å². The van der Waals surface area contributed by atoms with Gasteiger partial charge in [-0.3, -0.25) is 4.72 Å². The number of sulfonamides is 1. The molecule has 3 rings (SSSR count). The maximum absolute atomic E-state index is 12.5. The van der Waals surface area contributed by atoms with E-state index in [2.05, 4.69) is 9.71 Å². The van der Waals surface area contributed by atoms with Gasteiger partial charge in [-0.1, -0.05) is 29.8 Å². The molecule has 0 saturated carbocycles. The minimum Gasteiger partial charge on any atom is -0.495 e. The number of para-hydroxylation sites is 1. The molecule has 26 heavy (non-hydrogen) atoms. The molecule has 0 amide bonds. The number of aryl methyl sites for hydroxylation is 1. The Kier molecular flexibility index (Phi) is 5.09. The lowest BCUT2D eigenvalue weighted by atomic mass is 10.2. The van der Waals surface area contributed by atoms with Gasteiger partial charge in [0, 0.05) is 6.07 Å². The largest absolute Gasteiger partial charge is 0.495 e. The fourth-order valence-electron chi connectivity index (χ4n) is 2.28.